The highest BCUT2D eigenvalue weighted by molar-refractivity contribution is 5.93. The molecule has 1 saturated heterocycles. The molecule has 10 nitrogen and oxygen atoms in total. The van der Waals surface area contributed by atoms with Crippen molar-refractivity contribution in [3.05, 3.63) is 54.6 Å². The fourth-order valence-corrected chi connectivity index (χ4v) is 4.02. The first-order valence-corrected chi connectivity index (χ1v) is 10.5. The molecule has 0 saturated carbocycles. The third kappa shape index (κ3) is 3.87. The van der Waals surface area contributed by atoms with Crippen LogP contribution in [0.15, 0.2) is 49.1 Å². The van der Waals surface area contributed by atoms with Crippen LogP contribution in [0.2, 0.25) is 0 Å². The Morgan fingerprint density at radius 1 is 1.06 bits per heavy atom. The van der Waals surface area contributed by atoms with Gasteiger partial charge in [0.1, 0.15) is 17.3 Å². The Morgan fingerprint density at radius 3 is 2.59 bits per heavy atom. The molecular formula is C22H23N9O. The second kappa shape index (κ2) is 8.31. The van der Waals surface area contributed by atoms with Gasteiger partial charge in [-0.25, -0.2) is 9.97 Å². The van der Waals surface area contributed by atoms with Gasteiger partial charge in [-0.3, -0.25) is 14.5 Å². The van der Waals surface area contributed by atoms with E-state index in [9.17, 15) is 4.79 Å². The van der Waals surface area contributed by atoms with Crippen LogP contribution in [0.25, 0.3) is 22.2 Å². The molecule has 5 heterocycles. The van der Waals surface area contributed by atoms with Crippen molar-refractivity contribution in [3.8, 4) is 11.4 Å². The molecule has 1 aliphatic heterocycles. The summed E-state index contributed by atoms with van der Waals surface area (Å²) in [5.41, 5.74) is 7.39. The zero-order valence-electron chi connectivity index (χ0n) is 17.6. The molecule has 4 aromatic heterocycles. The molecule has 4 aromatic rings. The first kappa shape index (κ1) is 20.0. The monoisotopic (exact) mass is 429 g/mol. The normalized spacial score (nSPS) is 14.5. The molecule has 0 bridgehead atoms. The minimum atomic E-state index is -0.481. The predicted octanol–water partition coefficient (Wildman–Crippen LogP) is 1.81. The van der Waals surface area contributed by atoms with E-state index >= 15 is 0 Å². The highest BCUT2D eigenvalue weighted by Crippen LogP contribution is 2.31. The number of aromatic nitrogens is 6. The van der Waals surface area contributed by atoms with Crippen LogP contribution in [0.5, 0.6) is 0 Å². The van der Waals surface area contributed by atoms with Gasteiger partial charge in [0.15, 0.2) is 0 Å². The fourth-order valence-electron chi connectivity index (χ4n) is 4.02. The number of carbonyl (C=O) groups excluding carboxylic acids is 1. The summed E-state index contributed by atoms with van der Waals surface area (Å²) in [5.74, 6) is 0.933. The van der Waals surface area contributed by atoms with Gasteiger partial charge >= 0.3 is 0 Å². The minimum absolute atomic E-state index is 0.193. The number of amides is 1. The summed E-state index contributed by atoms with van der Waals surface area (Å²) in [6.07, 6.45) is 8.91. The Kier molecular flexibility index (Phi) is 5.20. The predicted molar refractivity (Wildman–Crippen MR) is 120 cm³/mol. The molecule has 162 valence electrons. The SMILES string of the molecule is Cn1cc(-c2cc3cc(N(c4cc(C(N)=O)ccn4)C4CCNCC4)ncc3cn2)nn1. The van der Waals surface area contributed by atoms with Crippen LogP contribution >= 0.6 is 0 Å². The third-order valence-corrected chi connectivity index (χ3v) is 5.65. The highest BCUT2D eigenvalue weighted by atomic mass is 16.1. The number of carbonyl (C=O) groups is 1. The lowest BCUT2D eigenvalue weighted by Crippen LogP contribution is -2.41. The second-order valence-corrected chi connectivity index (χ2v) is 7.85. The molecule has 1 amide bonds. The molecule has 5 rings (SSSR count). The molecular weight excluding hydrogens is 406 g/mol. The number of hydrogen-bond acceptors (Lipinski definition) is 8. The number of fused-ring (bicyclic) bond motifs is 1. The van der Waals surface area contributed by atoms with E-state index in [1.165, 1.54) is 0 Å². The van der Waals surface area contributed by atoms with Crippen LogP contribution in [0.4, 0.5) is 11.6 Å². The lowest BCUT2D eigenvalue weighted by molar-refractivity contribution is 0.1000. The quantitative estimate of drug-likeness (QED) is 0.492. The molecule has 1 fully saturated rings. The van der Waals surface area contributed by atoms with E-state index in [4.69, 9.17) is 10.7 Å². The van der Waals surface area contributed by atoms with Gasteiger partial charge < -0.3 is 16.0 Å². The van der Waals surface area contributed by atoms with E-state index in [2.05, 4.69) is 30.5 Å². The number of primary amides is 1. The average molecular weight is 429 g/mol. The molecule has 1 aliphatic rings. The summed E-state index contributed by atoms with van der Waals surface area (Å²) < 4.78 is 1.65. The van der Waals surface area contributed by atoms with Gasteiger partial charge in [0, 0.05) is 42.6 Å². The topological polar surface area (TPSA) is 128 Å². The van der Waals surface area contributed by atoms with Crippen LogP contribution in [0, 0.1) is 0 Å². The minimum Gasteiger partial charge on any atom is -0.366 e. The smallest absolute Gasteiger partial charge is 0.248 e. The van der Waals surface area contributed by atoms with Crippen LogP contribution in [0.3, 0.4) is 0 Å². The van der Waals surface area contributed by atoms with E-state index < -0.39 is 5.91 Å². The van der Waals surface area contributed by atoms with Gasteiger partial charge in [0.05, 0.1) is 11.9 Å². The summed E-state index contributed by atoms with van der Waals surface area (Å²) >= 11 is 0. The molecule has 0 radical (unpaired) electrons. The van der Waals surface area contributed by atoms with Gasteiger partial charge in [-0.2, -0.15) is 0 Å². The van der Waals surface area contributed by atoms with Crippen molar-refractivity contribution in [1.29, 1.82) is 0 Å². The first-order valence-electron chi connectivity index (χ1n) is 10.5. The lowest BCUT2D eigenvalue weighted by Gasteiger charge is -2.35. The Labute approximate surface area is 184 Å². The van der Waals surface area contributed by atoms with E-state index in [0.717, 1.165) is 48.2 Å². The summed E-state index contributed by atoms with van der Waals surface area (Å²) in [4.78, 5) is 27.6. The molecule has 32 heavy (non-hydrogen) atoms. The zero-order chi connectivity index (χ0) is 22.1. The van der Waals surface area contributed by atoms with E-state index in [-0.39, 0.29) is 6.04 Å². The standard InChI is InChI=1S/C22H23N9O/c1-30-13-19(28-29-30)18-8-15-10-21(27-12-16(15)11-26-18)31(17-3-5-24-6-4-17)20-9-14(22(23)32)2-7-25-20/h2,7-13,17,24H,3-6H2,1H3,(H2,23,32). The molecule has 3 N–H and O–H groups in total. The number of nitrogens with two attached hydrogens (primary N) is 1. The van der Waals surface area contributed by atoms with Gasteiger partial charge in [-0.05, 0) is 55.6 Å². The van der Waals surface area contributed by atoms with Crippen molar-refractivity contribution in [2.24, 2.45) is 12.8 Å². The average Bonchev–Trinajstić information content (AvgIpc) is 3.26. The van der Waals surface area contributed by atoms with E-state index in [1.54, 1.807) is 29.2 Å². The van der Waals surface area contributed by atoms with Gasteiger partial charge in [0.25, 0.3) is 0 Å². The molecule has 10 heteroatoms. The number of pyridine rings is 3. The van der Waals surface area contributed by atoms with Crippen molar-refractivity contribution in [2.45, 2.75) is 18.9 Å². The van der Waals surface area contributed by atoms with E-state index in [0.29, 0.717) is 17.1 Å². The first-order chi connectivity index (χ1) is 15.6. The molecule has 0 aromatic carbocycles. The Balaban J connectivity index is 1.60. The van der Waals surface area contributed by atoms with Crippen molar-refractivity contribution in [2.75, 3.05) is 18.0 Å². The molecule has 0 atom stereocenters. The van der Waals surface area contributed by atoms with Gasteiger partial charge in [-0.15, -0.1) is 5.10 Å². The number of rotatable bonds is 5. The molecule has 0 unspecified atom stereocenters. The number of nitrogens with zero attached hydrogens (tertiary/aromatic N) is 7. The van der Waals surface area contributed by atoms with Crippen molar-refractivity contribution >= 4 is 28.3 Å². The fraction of sp³-hybridized carbons (Fsp3) is 0.273. The molecule has 0 spiro atoms. The van der Waals surface area contributed by atoms with Crippen molar-refractivity contribution in [3.63, 3.8) is 0 Å². The van der Waals surface area contributed by atoms with Crippen LogP contribution < -0.4 is 16.0 Å². The maximum Gasteiger partial charge on any atom is 0.248 e. The third-order valence-electron chi connectivity index (χ3n) is 5.65. The number of aryl methyl sites for hydroxylation is 1. The van der Waals surface area contributed by atoms with Crippen LogP contribution in [0.1, 0.15) is 23.2 Å². The highest BCUT2D eigenvalue weighted by Gasteiger charge is 2.25. The van der Waals surface area contributed by atoms with Gasteiger partial charge in [-0.1, -0.05) is 5.21 Å². The van der Waals surface area contributed by atoms with Crippen molar-refractivity contribution in [1.82, 2.24) is 35.3 Å². The summed E-state index contributed by atoms with van der Waals surface area (Å²) in [5, 5.41) is 13.5. The number of hydrogen-bond donors (Lipinski definition) is 2. The number of nitrogens with one attached hydrogen (secondary N) is 1. The van der Waals surface area contributed by atoms with E-state index in [1.807, 2.05) is 31.6 Å². The lowest BCUT2D eigenvalue weighted by atomic mass is 10.0. The number of piperidine rings is 1. The summed E-state index contributed by atoms with van der Waals surface area (Å²) in [7, 11) is 1.82. The second-order valence-electron chi connectivity index (χ2n) is 7.85. The van der Waals surface area contributed by atoms with Crippen molar-refractivity contribution < 1.29 is 4.79 Å². The maximum absolute atomic E-state index is 11.8. The zero-order valence-corrected chi connectivity index (χ0v) is 17.6. The summed E-state index contributed by atoms with van der Waals surface area (Å²) in [6, 6.07) is 7.56. The Hall–Kier alpha value is -3.92. The number of anilines is 2. The summed E-state index contributed by atoms with van der Waals surface area (Å²) in [6.45, 7) is 1.82. The maximum atomic E-state index is 11.8. The van der Waals surface area contributed by atoms with Crippen LogP contribution in [-0.2, 0) is 7.05 Å². The Morgan fingerprint density at radius 2 is 1.84 bits per heavy atom. The van der Waals surface area contributed by atoms with Gasteiger partial charge in [0.2, 0.25) is 5.91 Å². The molecule has 0 aliphatic carbocycles. The largest absolute Gasteiger partial charge is 0.366 e. The van der Waals surface area contributed by atoms with Crippen LogP contribution in [-0.4, -0.2) is 55.0 Å². The Bertz CT molecular complexity index is 1280.